The minimum Gasteiger partial charge on any atom is -0.480 e. The van der Waals surface area contributed by atoms with E-state index in [2.05, 4.69) is 5.32 Å². The van der Waals surface area contributed by atoms with E-state index in [0.717, 1.165) is 0 Å². The van der Waals surface area contributed by atoms with Crippen LogP contribution in [-0.2, 0) is 9.59 Å². The number of carbonyl (C=O) groups excluding carboxylic acids is 1. The summed E-state index contributed by atoms with van der Waals surface area (Å²) in [5.74, 6) is -1.17. The number of likely N-dealkylation sites (N-methyl/N-ethyl adjacent to an activating group) is 1. The Morgan fingerprint density at radius 1 is 1.35 bits per heavy atom. The highest BCUT2D eigenvalue weighted by Gasteiger charge is 2.18. The molecule has 1 aromatic rings. The van der Waals surface area contributed by atoms with E-state index in [1.807, 2.05) is 18.2 Å². The average molecular weight is 236 g/mol. The van der Waals surface area contributed by atoms with Crippen LogP contribution in [0, 0.1) is 0 Å². The fourth-order valence-corrected chi connectivity index (χ4v) is 1.27. The summed E-state index contributed by atoms with van der Waals surface area (Å²) in [6, 6.07) is 8.36. The van der Waals surface area contributed by atoms with Crippen LogP contribution in [0.5, 0.6) is 0 Å². The van der Waals surface area contributed by atoms with Crippen molar-refractivity contribution in [3.05, 3.63) is 30.3 Å². The summed E-state index contributed by atoms with van der Waals surface area (Å²) in [4.78, 5) is 23.8. The summed E-state index contributed by atoms with van der Waals surface area (Å²) in [6.07, 6.45) is 0. The first-order chi connectivity index (χ1) is 8.00. The number of amides is 1. The molecule has 0 bridgehead atoms. The third kappa shape index (κ3) is 4.24. The van der Waals surface area contributed by atoms with Crippen molar-refractivity contribution < 1.29 is 14.7 Å². The molecule has 0 aliphatic carbocycles. The van der Waals surface area contributed by atoms with Crippen LogP contribution >= 0.6 is 0 Å². The minimum absolute atomic E-state index is 0.0440. The third-order valence-electron chi connectivity index (χ3n) is 2.47. The highest BCUT2D eigenvalue weighted by atomic mass is 16.4. The van der Waals surface area contributed by atoms with Gasteiger partial charge in [0.2, 0.25) is 5.91 Å². The van der Waals surface area contributed by atoms with E-state index in [-0.39, 0.29) is 12.5 Å². The maximum Gasteiger partial charge on any atom is 0.320 e. The lowest BCUT2D eigenvalue weighted by molar-refractivity contribution is -0.142. The van der Waals surface area contributed by atoms with Crippen LogP contribution in [0.25, 0.3) is 0 Å². The largest absolute Gasteiger partial charge is 0.480 e. The van der Waals surface area contributed by atoms with Crippen molar-refractivity contribution in [3.63, 3.8) is 0 Å². The average Bonchev–Trinajstić information content (AvgIpc) is 2.28. The van der Waals surface area contributed by atoms with Gasteiger partial charge in [0, 0.05) is 5.69 Å². The van der Waals surface area contributed by atoms with Crippen LogP contribution in [0.2, 0.25) is 0 Å². The molecule has 0 spiro atoms. The number of para-hydroxylation sites is 1. The SMILES string of the molecule is CC(C(=O)O)N(C)CC(=O)Nc1ccccc1. The Balaban J connectivity index is 2.48. The molecule has 0 aromatic heterocycles. The molecule has 0 fully saturated rings. The van der Waals surface area contributed by atoms with Crippen LogP contribution < -0.4 is 5.32 Å². The van der Waals surface area contributed by atoms with Gasteiger partial charge in [0.15, 0.2) is 0 Å². The van der Waals surface area contributed by atoms with Gasteiger partial charge < -0.3 is 10.4 Å². The van der Waals surface area contributed by atoms with Gasteiger partial charge in [-0.05, 0) is 26.1 Å². The highest BCUT2D eigenvalue weighted by molar-refractivity contribution is 5.92. The van der Waals surface area contributed by atoms with E-state index in [1.54, 1.807) is 19.2 Å². The number of carboxylic acid groups (broad SMARTS) is 1. The number of benzene rings is 1. The van der Waals surface area contributed by atoms with Gasteiger partial charge >= 0.3 is 5.97 Å². The number of anilines is 1. The molecule has 1 amide bonds. The molecule has 1 atom stereocenters. The molecule has 17 heavy (non-hydrogen) atoms. The normalized spacial score (nSPS) is 12.2. The van der Waals surface area contributed by atoms with E-state index in [1.165, 1.54) is 11.8 Å². The fraction of sp³-hybridized carbons (Fsp3) is 0.333. The van der Waals surface area contributed by atoms with Crippen LogP contribution in [0.1, 0.15) is 6.92 Å². The number of hydrogen-bond acceptors (Lipinski definition) is 3. The van der Waals surface area contributed by atoms with E-state index >= 15 is 0 Å². The van der Waals surface area contributed by atoms with E-state index in [0.29, 0.717) is 5.69 Å². The summed E-state index contributed by atoms with van der Waals surface area (Å²) in [6.45, 7) is 1.58. The zero-order chi connectivity index (χ0) is 12.8. The van der Waals surface area contributed by atoms with Crippen molar-refractivity contribution in [1.82, 2.24) is 4.90 Å². The second-order valence-electron chi connectivity index (χ2n) is 3.84. The number of nitrogens with zero attached hydrogens (tertiary/aromatic N) is 1. The van der Waals surface area contributed by atoms with Crippen LogP contribution in [0.15, 0.2) is 30.3 Å². The summed E-state index contributed by atoms with van der Waals surface area (Å²) >= 11 is 0. The van der Waals surface area contributed by atoms with E-state index in [4.69, 9.17) is 5.11 Å². The smallest absolute Gasteiger partial charge is 0.320 e. The number of nitrogens with one attached hydrogen (secondary N) is 1. The molecule has 1 aromatic carbocycles. The summed E-state index contributed by atoms with van der Waals surface area (Å²) in [5.41, 5.74) is 0.703. The third-order valence-corrected chi connectivity index (χ3v) is 2.47. The molecule has 0 radical (unpaired) electrons. The number of aliphatic carboxylic acids is 1. The molecule has 0 heterocycles. The molecule has 92 valence electrons. The topological polar surface area (TPSA) is 69.6 Å². The lowest BCUT2D eigenvalue weighted by atomic mass is 10.3. The molecule has 5 heteroatoms. The molecule has 0 saturated carbocycles. The predicted molar refractivity (Wildman–Crippen MR) is 64.8 cm³/mol. The van der Waals surface area contributed by atoms with Crippen molar-refractivity contribution in [3.8, 4) is 0 Å². The summed E-state index contributed by atoms with van der Waals surface area (Å²) < 4.78 is 0. The molecule has 0 aliphatic rings. The van der Waals surface area contributed by atoms with Crippen molar-refractivity contribution in [2.24, 2.45) is 0 Å². The second-order valence-corrected chi connectivity index (χ2v) is 3.84. The van der Waals surface area contributed by atoms with Gasteiger partial charge in [0.1, 0.15) is 6.04 Å². The molecule has 1 rings (SSSR count). The first-order valence-corrected chi connectivity index (χ1v) is 5.28. The van der Waals surface area contributed by atoms with Gasteiger partial charge in [0.25, 0.3) is 0 Å². The van der Waals surface area contributed by atoms with Gasteiger partial charge in [-0.15, -0.1) is 0 Å². The maximum absolute atomic E-state index is 11.6. The Morgan fingerprint density at radius 3 is 2.47 bits per heavy atom. The monoisotopic (exact) mass is 236 g/mol. The minimum atomic E-state index is -0.944. The van der Waals surface area contributed by atoms with Crippen molar-refractivity contribution in [2.45, 2.75) is 13.0 Å². The Labute approximate surface area is 100 Å². The first kappa shape index (κ1) is 13.2. The molecule has 0 saturated heterocycles. The lowest BCUT2D eigenvalue weighted by Gasteiger charge is -2.20. The van der Waals surface area contributed by atoms with Gasteiger partial charge in [0.05, 0.1) is 6.54 Å². The molecule has 0 aliphatic heterocycles. The van der Waals surface area contributed by atoms with Crippen LogP contribution in [0.4, 0.5) is 5.69 Å². The molecular weight excluding hydrogens is 220 g/mol. The number of carbonyl (C=O) groups is 2. The lowest BCUT2D eigenvalue weighted by Crippen LogP contribution is -2.40. The quantitative estimate of drug-likeness (QED) is 0.801. The molecule has 2 N–H and O–H groups in total. The Hall–Kier alpha value is -1.88. The maximum atomic E-state index is 11.6. The van der Waals surface area contributed by atoms with Gasteiger partial charge in [-0.25, -0.2) is 0 Å². The van der Waals surface area contributed by atoms with Gasteiger partial charge in [-0.2, -0.15) is 0 Å². The zero-order valence-corrected chi connectivity index (χ0v) is 9.88. The fourth-order valence-electron chi connectivity index (χ4n) is 1.27. The highest BCUT2D eigenvalue weighted by Crippen LogP contribution is 2.05. The standard InChI is InChI=1S/C12H16N2O3/c1-9(12(16)17)14(2)8-11(15)13-10-6-4-3-5-7-10/h3-7,9H,8H2,1-2H3,(H,13,15)(H,16,17). The number of carboxylic acids is 1. The summed E-state index contributed by atoms with van der Waals surface area (Å²) in [5, 5.41) is 11.5. The Morgan fingerprint density at radius 2 is 1.94 bits per heavy atom. The zero-order valence-electron chi connectivity index (χ0n) is 9.88. The first-order valence-electron chi connectivity index (χ1n) is 5.28. The Kier molecular flexibility index (Phi) is 4.66. The van der Waals surface area contributed by atoms with Gasteiger partial charge in [-0.3, -0.25) is 14.5 Å². The molecular formula is C12H16N2O3. The van der Waals surface area contributed by atoms with Gasteiger partial charge in [-0.1, -0.05) is 18.2 Å². The number of rotatable bonds is 5. The van der Waals surface area contributed by atoms with E-state index < -0.39 is 12.0 Å². The van der Waals surface area contributed by atoms with E-state index in [9.17, 15) is 9.59 Å². The number of hydrogen-bond donors (Lipinski definition) is 2. The van der Waals surface area contributed by atoms with Crippen LogP contribution in [0.3, 0.4) is 0 Å². The van der Waals surface area contributed by atoms with Crippen molar-refractivity contribution in [2.75, 3.05) is 18.9 Å². The predicted octanol–water partition coefficient (Wildman–Crippen LogP) is 1.03. The molecule has 1 unspecified atom stereocenters. The molecule has 5 nitrogen and oxygen atoms in total. The second kappa shape index (κ2) is 6.00. The van der Waals surface area contributed by atoms with Crippen molar-refractivity contribution >= 4 is 17.6 Å². The Bertz CT molecular complexity index is 392. The van der Waals surface area contributed by atoms with Crippen molar-refractivity contribution in [1.29, 1.82) is 0 Å². The van der Waals surface area contributed by atoms with Crippen LogP contribution in [-0.4, -0.2) is 41.5 Å². The summed E-state index contributed by atoms with van der Waals surface area (Å²) in [7, 11) is 1.60.